The smallest absolute Gasteiger partial charge is 0.338 e. The average molecular weight is 412 g/mol. The fraction of sp³-hybridized carbons (Fsp3) is 0.150. The summed E-state index contributed by atoms with van der Waals surface area (Å²) in [6.45, 7) is -0.369. The van der Waals surface area contributed by atoms with E-state index in [4.69, 9.17) is 10.5 Å². The molecule has 2 aromatic heterocycles. The van der Waals surface area contributed by atoms with Crippen molar-refractivity contribution in [2.24, 2.45) is 5.10 Å². The fourth-order valence-electron chi connectivity index (χ4n) is 2.93. The van der Waals surface area contributed by atoms with Crippen molar-refractivity contribution in [3.05, 3.63) is 74.6 Å². The molecule has 0 saturated heterocycles. The van der Waals surface area contributed by atoms with Gasteiger partial charge in [-0.3, -0.25) is 4.79 Å². The summed E-state index contributed by atoms with van der Waals surface area (Å²) in [5, 5.41) is 9.94. The van der Waals surface area contributed by atoms with Crippen molar-refractivity contribution < 1.29 is 14.3 Å². The number of carbonyl (C=O) groups is 2. The van der Waals surface area contributed by atoms with Crippen LogP contribution in [0.3, 0.4) is 0 Å². The molecule has 0 aliphatic carbocycles. The number of carbonyl (C=O) groups excluding carboxylic acids is 2. The first-order valence-electron chi connectivity index (χ1n) is 8.61. The molecule has 8 heteroatoms. The standard InChI is InChI=1S/C20H17N3O3S2/c21-14-7-5-13(6-8-14)20(25)26-12-19(24)23-16(18-4-2-10-28-18)11-15(22-23)17-3-1-9-27-17/h1-10,16H,11-12,21H2/t16-/m1/s1. The molecule has 2 N–H and O–H groups in total. The maximum absolute atomic E-state index is 12.8. The number of amides is 1. The molecule has 3 heterocycles. The van der Waals surface area contributed by atoms with Gasteiger partial charge in [0, 0.05) is 17.0 Å². The highest BCUT2D eigenvalue weighted by Crippen LogP contribution is 2.35. The second-order valence-electron chi connectivity index (χ2n) is 6.20. The van der Waals surface area contributed by atoms with Gasteiger partial charge in [-0.2, -0.15) is 5.10 Å². The van der Waals surface area contributed by atoms with Gasteiger partial charge < -0.3 is 10.5 Å². The molecule has 28 heavy (non-hydrogen) atoms. The Kier molecular flexibility index (Phi) is 5.23. The Morgan fingerprint density at radius 3 is 2.54 bits per heavy atom. The first-order valence-corrected chi connectivity index (χ1v) is 10.4. The molecule has 1 aromatic carbocycles. The molecular weight excluding hydrogens is 394 g/mol. The van der Waals surface area contributed by atoms with E-state index in [1.165, 1.54) is 5.01 Å². The van der Waals surface area contributed by atoms with Crippen molar-refractivity contribution in [3.8, 4) is 0 Å². The van der Waals surface area contributed by atoms with E-state index < -0.39 is 5.97 Å². The van der Waals surface area contributed by atoms with Gasteiger partial charge in [0.25, 0.3) is 5.91 Å². The van der Waals surface area contributed by atoms with Crippen molar-refractivity contribution >= 4 is 45.9 Å². The molecule has 0 bridgehead atoms. The number of esters is 1. The van der Waals surface area contributed by atoms with Crippen LogP contribution in [0.4, 0.5) is 5.69 Å². The maximum atomic E-state index is 12.8. The number of benzene rings is 1. The summed E-state index contributed by atoms with van der Waals surface area (Å²) in [5.41, 5.74) is 7.39. The molecule has 1 aliphatic rings. The lowest BCUT2D eigenvalue weighted by Crippen LogP contribution is -2.31. The van der Waals surface area contributed by atoms with Gasteiger partial charge in [0.15, 0.2) is 6.61 Å². The first kappa shape index (κ1) is 18.4. The number of thiophene rings is 2. The Morgan fingerprint density at radius 2 is 1.86 bits per heavy atom. The Balaban J connectivity index is 1.48. The van der Waals surface area contributed by atoms with Gasteiger partial charge in [-0.15, -0.1) is 22.7 Å². The highest BCUT2D eigenvalue weighted by atomic mass is 32.1. The number of hydrogen-bond acceptors (Lipinski definition) is 7. The van der Waals surface area contributed by atoms with Crippen LogP contribution in [0, 0.1) is 0 Å². The molecule has 1 aliphatic heterocycles. The van der Waals surface area contributed by atoms with Gasteiger partial charge in [0.05, 0.1) is 22.2 Å². The van der Waals surface area contributed by atoms with E-state index in [-0.39, 0.29) is 18.6 Å². The van der Waals surface area contributed by atoms with Gasteiger partial charge in [-0.1, -0.05) is 12.1 Å². The molecule has 0 fully saturated rings. The third-order valence-electron chi connectivity index (χ3n) is 4.32. The highest BCUT2D eigenvalue weighted by molar-refractivity contribution is 7.12. The second-order valence-corrected chi connectivity index (χ2v) is 8.12. The van der Waals surface area contributed by atoms with E-state index >= 15 is 0 Å². The quantitative estimate of drug-likeness (QED) is 0.509. The fourth-order valence-corrected chi connectivity index (χ4v) is 4.46. The number of nitrogens with two attached hydrogens (primary N) is 1. The number of ether oxygens (including phenoxy) is 1. The van der Waals surface area contributed by atoms with Crippen molar-refractivity contribution in [1.82, 2.24) is 5.01 Å². The molecular formula is C20H17N3O3S2. The van der Waals surface area contributed by atoms with Crippen LogP contribution in [0.25, 0.3) is 0 Å². The molecule has 0 saturated carbocycles. The number of nitrogen functional groups attached to an aromatic ring is 1. The van der Waals surface area contributed by atoms with Gasteiger partial charge in [-0.05, 0) is 47.2 Å². The van der Waals surface area contributed by atoms with E-state index in [2.05, 4.69) is 5.10 Å². The Morgan fingerprint density at radius 1 is 1.11 bits per heavy atom. The number of anilines is 1. The molecule has 0 unspecified atom stereocenters. The van der Waals surface area contributed by atoms with Crippen LogP contribution >= 0.6 is 22.7 Å². The van der Waals surface area contributed by atoms with Gasteiger partial charge in [0.2, 0.25) is 0 Å². The molecule has 4 rings (SSSR count). The van der Waals surface area contributed by atoms with E-state index in [1.807, 2.05) is 35.0 Å². The van der Waals surface area contributed by atoms with Crippen molar-refractivity contribution in [2.45, 2.75) is 12.5 Å². The van der Waals surface area contributed by atoms with Crippen LogP contribution in [-0.2, 0) is 9.53 Å². The Bertz CT molecular complexity index is 996. The zero-order valence-electron chi connectivity index (χ0n) is 14.8. The summed E-state index contributed by atoms with van der Waals surface area (Å²) in [4.78, 5) is 27.0. The molecule has 142 valence electrons. The highest BCUT2D eigenvalue weighted by Gasteiger charge is 2.34. The Labute approximate surface area is 169 Å². The molecule has 3 aromatic rings. The van der Waals surface area contributed by atoms with Crippen LogP contribution in [0.1, 0.15) is 32.6 Å². The molecule has 6 nitrogen and oxygen atoms in total. The van der Waals surface area contributed by atoms with Crippen LogP contribution in [0.2, 0.25) is 0 Å². The predicted octanol–water partition coefficient (Wildman–Crippen LogP) is 3.93. The van der Waals surface area contributed by atoms with Gasteiger partial charge in [-0.25, -0.2) is 9.80 Å². The zero-order valence-corrected chi connectivity index (χ0v) is 16.4. The lowest BCUT2D eigenvalue weighted by atomic mass is 10.1. The third kappa shape index (κ3) is 3.83. The number of hydrogen-bond donors (Lipinski definition) is 1. The summed E-state index contributed by atoms with van der Waals surface area (Å²) in [5.74, 6) is -0.920. The summed E-state index contributed by atoms with van der Waals surface area (Å²) < 4.78 is 5.20. The lowest BCUT2D eigenvalue weighted by molar-refractivity contribution is -0.136. The predicted molar refractivity (Wildman–Crippen MR) is 111 cm³/mol. The topological polar surface area (TPSA) is 85.0 Å². The second kappa shape index (κ2) is 7.95. The van der Waals surface area contributed by atoms with Gasteiger partial charge in [0.1, 0.15) is 0 Å². The summed E-state index contributed by atoms with van der Waals surface area (Å²) >= 11 is 3.17. The normalized spacial score (nSPS) is 16.1. The lowest BCUT2D eigenvalue weighted by Gasteiger charge is -2.20. The molecule has 0 radical (unpaired) electrons. The number of hydrazone groups is 1. The van der Waals surface area contributed by atoms with Crippen LogP contribution in [0.5, 0.6) is 0 Å². The average Bonchev–Trinajstić information content (AvgIpc) is 3.46. The molecule has 1 atom stereocenters. The van der Waals surface area contributed by atoms with Crippen LogP contribution < -0.4 is 5.73 Å². The third-order valence-corrected chi connectivity index (χ3v) is 6.21. The molecule has 0 spiro atoms. The van der Waals surface area contributed by atoms with Crippen molar-refractivity contribution in [1.29, 1.82) is 0 Å². The maximum Gasteiger partial charge on any atom is 0.338 e. The minimum atomic E-state index is -0.567. The summed E-state index contributed by atoms with van der Waals surface area (Å²) in [6.07, 6.45) is 0.638. The van der Waals surface area contributed by atoms with E-state index in [1.54, 1.807) is 46.9 Å². The van der Waals surface area contributed by atoms with Crippen LogP contribution in [-0.4, -0.2) is 29.2 Å². The van der Waals surface area contributed by atoms with E-state index in [9.17, 15) is 9.59 Å². The van der Waals surface area contributed by atoms with Crippen molar-refractivity contribution in [2.75, 3.05) is 12.3 Å². The minimum Gasteiger partial charge on any atom is -0.452 e. The largest absolute Gasteiger partial charge is 0.452 e. The van der Waals surface area contributed by atoms with Gasteiger partial charge >= 0.3 is 5.97 Å². The van der Waals surface area contributed by atoms with E-state index in [0.29, 0.717) is 17.7 Å². The first-order chi connectivity index (χ1) is 13.6. The van der Waals surface area contributed by atoms with Crippen LogP contribution in [0.15, 0.2) is 64.4 Å². The minimum absolute atomic E-state index is 0.181. The summed E-state index contributed by atoms with van der Waals surface area (Å²) in [6, 6.07) is 14.1. The SMILES string of the molecule is Nc1ccc(C(=O)OCC(=O)N2N=C(c3cccs3)C[C@@H]2c2cccs2)cc1. The van der Waals surface area contributed by atoms with E-state index in [0.717, 1.165) is 15.5 Å². The van der Waals surface area contributed by atoms with Crippen molar-refractivity contribution in [3.63, 3.8) is 0 Å². The molecule has 1 amide bonds. The summed E-state index contributed by atoms with van der Waals surface area (Å²) in [7, 11) is 0. The number of nitrogens with zero attached hydrogens (tertiary/aromatic N) is 2. The zero-order chi connectivity index (χ0) is 19.5. The Hall–Kier alpha value is -2.97. The monoisotopic (exact) mass is 411 g/mol. The number of rotatable bonds is 5.